The van der Waals surface area contributed by atoms with Crippen molar-refractivity contribution in [2.24, 2.45) is 0 Å². The van der Waals surface area contributed by atoms with Crippen LogP contribution in [0.2, 0.25) is 0 Å². The molecular formula is C18H18O4. The highest BCUT2D eigenvalue weighted by molar-refractivity contribution is 5.92. The van der Waals surface area contributed by atoms with Crippen LogP contribution in [-0.2, 0) is 11.2 Å². The van der Waals surface area contributed by atoms with Crippen LogP contribution in [0.5, 0.6) is 11.5 Å². The van der Waals surface area contributed by atoms with Crippen LogP contribution in [0.15, 0.2) is 30.3 Å². The predicted octanol–water partition coefficient (Wildman–Crippen LogP) is 3.39. The molecule has 0 radical (unpaired) electrons. The van der Waals surface area contributed by atoms with Crippen molar-refractivity contribution in [2.75, 3.05) is 20.8 Å². The molecule has 0 bridgehead atoms. The fourth-order valence-corrected chi connectivity index (χ4v) is 2.89. The van der Waals surface area contributed by atoms with E-state index in [-0.39, 0.29) is 5.97 Å². The number of carbonyl (C=O) groups excluding carboxylic acids is 1. The molecule has 3 rings (SSSR count). The molecule has 1 aliphatic heterocycles. The number of ether oxygens (including phenoxy) is 3. The van der Waals surface area contributed by atoms with E-state index < -0.39 is 0 Å². The van der Waals surface area contributed by atoms with Gasteiger partial charge in [-0.1, -0.05) is 0 Å². The van der Waals surface area contributed by atoms with Crippen LogP contribution in [-0.4, -0.2) is 26.8 Å². The van der Waals surface area contributed by atoms with E-state index in [0.717, 1.165) is 40.2 Å². The van der Waals surface area contributed by atoms with Gasteiger partial charge >= 0.3 is 5.97 Å². The minimum atomic E-state index is -0.347. The topological polar surface area (TPSA) is 44.8 Å². The van der Waals surface area contributed by atoms with E-state index in [1.54, 1.807) is 13.2 Å². The van der Waals surface area contributed by atoms with Gasteiger partial charge in [-0.25, -0.2) is 4.79 Å². The van der Waals surface area contributed by atoms with Crippen molar-refractivity contribution >= 4 is 5.97 Å². The highest BCUT2D eigenvalue weighted by Gasteiger charge is 2.20. The van der Waals surface area contributed by atoms with Gasteiger partial charge in [-0.3, -0.25) is 0 Å². The predicted molar refractivity (Wildman–Crippen MR) is 83.7 cm³/mol. The minimum absolute atomic E-state index is 0.347. The third-order valence-electron chi connectivity index (χ3n) is 3.93. The van der Waals surface area contributed by atoms with Crippen molar-refractivity contribution < 1.29 is 19.0 Å². The van der Waals surface area contributed by atoms with Gasteiger partial charge in [-0.15, -0.1) is 0 Å². The number of methoxy groups -OCH3 is 2. The third kappa shape index (κ3) is 2.41. The summed E-state index contributed by atoms with van der Waals surface area (Å²) in [5, 5.41) is 0. The number of carbonyl (C=O) groups is 1. The van der Waals surface area contributed by atoms with Crippen LogP contribution >= 0.6 is 0 Å². The first-order valence-corrected chi connectivity index (χ1v) is 7.17. The molecule has 0 saturated carbocycles. The van der Waals surface area contributed by atoms with Crippen LogP contribution in [0.1, 0.15) is 21.5 Å². The Kier molecular flexibility index (Phi) is 3.75. The lowest BCUT2D eigenvalue weighted by Gasteiger charge is -2.14. The number of aryl methyl sites for hydroxylation is 1. The zero-order valence-electron chi connectivity index (χ0n) is 12.9. The molecule has 4 nitrogen and oxygen atoms in total. The van der Waals surface area contributed by atoms with Crippen LogP contribution in [0, 0.1) is 6.92 Å². The number of hydrogen-bond acceptors (Lipinski definition) is 4. The van der Waals surface area contributed by atoms with E-state index in [1.807, 2.05) is 31.2 Å². The molecule has 0 amide bonds. The SMILES string of the molecule is COC(=O)c1ccc2c(c1)-c1c(C)cc(OC)cc1CCO2. The summed E-state index contributed by atoms with van der Waals surface area (Å²) in [4.78, 5) is 11.8. The average Bonchev–Trinajstić information content (AvgIpc) is 2.72. The molecule has 0 N–H and O–H groups in total. The number of rotatable bonds is 2. The lowest BCUT2D eigenvalue weighted by molar-refractivity contribution is 0.0601. The van der Waals surface area contributed by atoms with Crippen molar-refractivity contribution in [1.29, 1.82) is 0 Å². The Morgan fingerprint density at radius 3 is 2.73 bits per heavy atom. The second-order valence-electron chi connectivity index (χ2n) is 5.28. The Balaban J connectivity index is 2.22. The maximum absolute atomic E-state index is 11.8. The maximum atomic E-state index is 11.8. The number of benzene rings is 2. The summed E-state index contributed by atoms with van der Waals surface area (Å²) in [5.41, 5.74) is 4.82. The zero-order chi connectivity index (χ0) is 15.7. The summed E-state index contributed by atoms with van der Waals surface area (Å²) >= 11 is 0. The van der Waals surface area contributed by atoms with Crippen LogP contribution in [0.3, 0.4) is 0 Å². The van der Waals surface area contributed by atoms with Crippen LogP contribution < -0.4 is 9.47 Å². The quantitative estimate of drug-likeness (QED) is 0.797. The molecule has 1 aliphatic rings. The standard InChI is InChI=1S/C18H18O4/c1-11-8-14(20-2)9-12-6-7-22-16-5-4-13(18(19)21-3)10-15(16)17(11)12/h4-5,8-10H,6-7H2,1-3H3. The second kappa shape index (κ2) is 5.72. The molecule has 0 atom stereocenters. The monoisotopic (exact) mass is 298 g/mol. The Labute approximate surface area is 129 Å². The fraction of sp³-hybridized carbons (Fsp3) is 0.278. The van der Waals surface area contributed by atoms with Crippen molar-refractivity contribution in [3.63, 3.8) is 0 Å². The highest BCUT2D eigenvalue weighted by atomic mass is 16.5. The molecule has 4 heteroatoms. The zero-order valence-corrected chi connectivity index (χ0v) is 12.9. The normalized spacial score (nSPS) is 12.5. The first-order chi connectivity index (χ1) is 10.6. The van der Waals surface area contributed by atoms with Crippen molar-refractivity contribution in [3.8, 4) is 22.6 Å². The van der Waals surface area contributed by atoms with E-state index in [4.69, 9.17) is 14.2 Å². The Morgan fingerprint density at radius 1 is 1.18 bits per heavy atom. The molecule has 0 aliphatic carbocycles. The van der Waals surface area contributed by atoms with Gasteiger partial charge in [0.1, 0.15) is 11.5 Å². The van der Waals surface area contributed by atoms with Gasteiger partial charge in [0.15, 0.2) is 0 Å². The fourth-order valence-electron chi connectivity index (χ4n) is 2.89. The number of hydrogen-bond donors (Lipinski definition) is 0. The first-order valence-electron chi connectivity index (χ1n) is 7.17. The number of esters is 1. The minimum Gasteiger partial charge on any atom is -0.497 e. The molecule has 2 aromatic rings. The molecule has 0 spiro atoms. The van der Waals surface area contributed by atoms with Crippen molar-refractivity contribution in [1.82, 2.24) is 0 Å². The third-order valence-corrected chi connectivity index (χ3v) is 3.93. The van der Waals surface area contributed by atoms with Gasteiger partial charge in [0.2, 0.25) is 0 Å². The molecule has 0 unspecified atom stereocenters. The smallest absolute Gasteiger partial charge is 0.337 e. The molecule has 0 saturated heterocycles. The summed E-state index contributed by atoms with van der Waals surface area (Å²) < 4.78 is 16.0. The van der Waals surface area contributed by atoms with Crippen molar-refractivity contribution in [2.45, 2.75) is 13.3 Å². The Morgan fingerprint density at radius 2 is 2.00 bits per heavy atom. The maximum Gasteiger partial charge on any atom is 0.337 e. The summed E-state index contributed by atoms with van der Waals surface area (Å²) in [6.07, 6.45) is 0.801. The first kappa shape index (κ1) is 14.4. The van der Waals surface area contributed by atoms with E-state index in [9.17, 15) is 4.79 Å². The largest absolute Gasteiger partial charge is 0.497 e. The van der Waals surface area contributed by atoms with E-state index >= 15 is 0 Å². The lowest BCUT2D eigenvalue weighted by atomic mass is 9.92. The summed E-state index contributed by atoms with van der Waals surface area (Å²) in [6, 6.07) is 9.43. The van der Waals surface area contributed by atoms with Crippen molar-refractivity contribution in [3.05, 3.63) is 47.0 Å². The highest BCUT2D eigenvalue weighted by Crippen LogP contribution is 2.39. The molecule has 2 aromatic carbocycles. The average molecular weight is 298 g/mol. The summed E-state index contributed by atoms with van der Waals surface area (Å²) in [7, 11) is 3.05. The van der Waals surface area contributed by atoms with Gasteiger partial charge in [0.25, 0.3) is 0 Å². The summed E-state index contributed by atoms with van der Waals surface area (Å²) in [5.74, 6) is 1.28. The Hall–Kier alpha value is -2.49. The second-order valence-corrected chi connectivity index (χ2v) is 5.28. The molecule has 1 heterocycles. The van der Waals surface area contributed by atoms with Gasteiger partial charge in [0, 0.05) is 12.0 Å². The molecular weight excluding hydrogens is 280 g/mol. The van der Waals surface area contributed by atoms with E-state index in [2.05, 4.69) is 0 Å². The Bertz CT molecular complexity index is 734. The molecule has 114 valence electrons. The van der Waals surface area contributed by atoms with Crippen LogP contribution in [0.4, 0.5) is 0 Å². The van der Waals surface area contributed by atoms with Crippen LogP contribution in [0.25, 0.3) is 11.1 Å². The van der Waals surface area contributed by atoms with Gasteiger partial charge in [0.05, 0.1) is 26.4 Å². The molecule has 0 aromatic heterocycles. The molecule has 0 fully saturated rings. The molecule has 22 heavy (non-hydrogen) atoms. The van der Waals surface area contributed by atoms with Gasteiger partial charge < -0.3 is 14.2 Å². The lowest BCUT2D eigenvalue weighted by Crippen LogP contribution is -2.02. The summed E-state index contributed by atoms with van der Waals surface area (Å²) in [6.45, 7) is 2.64. The van der Waals surface area contributed by atoms with E-state index in [0.29, 0.717) is 12.2 Å². The van der Waals surface area contributed by atoms with Gasteiger partial charge in [-0.05, 0) is 53.9 Å². The number of fused-ring (bicyclic) bond motifs is 3. The van der Waals surface area contributed by atoms with Gasteiger partial charge in [-0.2, -0.15) is 0 Å². The van der Waals surface area contributed by atoms with E-state index in [1.165, 1.54) is 7.11 Å².